The Hall–Kier alpha value is -2.86. The van der Waals surface area contributed by atoms with Crippen LogP contribution in [0.15, 0.2) is 49.5 Å². The molecule has 0 aliphatic carbocycles. The summed E-state index contributed by atoms with van der Waals surface area (Å²) in [4.78, 5) is 22.4. The summed E-state index contributed by atoms with van der Waals surface area (Å²) >= 11 is 0. The summed E-state index contributed by atoms with van der Waals surface area (Å²) in [6.45, 7) is 7.75. The number of nitrogens with one attached hydrogen (secondary N) is 3. The van der Waals surface area contributed by atoms with Crippen molar-refractivity contribution in [2.45, 2.75) is 19.8 Å². The van der Waals surface area contributed by atoms with E-state index in [2.05, 4.69) is 33.5 Å². The molecule has 0 unspecified atom stereocenters. The maximum atomic E-state index is 13.0. The molecule has 1 amide bonds. The minimum absolute atomic E-state index is 0.0106. The molecule has 2 aromatic rings. The number of unbranched alkanes of at least 4 members (excludes halogenated alkanes) is 1. The van der Waals surface area contributed by atoms with Crippen molar-refractivity contribution < 1.29 is 4.79 Å². The van der Waals surface area contributed by atoms with Gasteiger partial charge in [0.25, 0.3) is 5.91 Å². The number of carbonyl (C=O) groups excluding carboxylic acids is 1. The molecular weight excluding hydrogens is 326 g/mol. The fourth-order valence-corrected chi connectivity index (χ4v) is 3.08. The Kier molecular flexibility index (Phi) is 5.86. The van der Waals surface area contributed by atoms with E-state index in [-0.39, 0.29) is 5.91 Å². The molecule has 6 nitrogen and oxygen atoms in total. The van der Waals surface area contributed by atoms with Gasteiger partial charge >= 0.3 is 0 Å². The van der Waals surface area contributed by atoms with Gasteiger partial charge in [-0.2, -0.15) is 0 Å². The van der Waals surface area contributed by atoms with Gasteiger partial charge in [0.2, 0.25) is 0 Å². The largest absolute Gasteiger partial charge is 0.346 e. The Morgan fingerprint density at radius 2 is 2.35 bits per heavy atom. The van der Waals surface area contributed by atoms with Crippen LogP contribution in [-0.2, 0) is 0 Å². The highest BCUT2D eigenvalue weighted by Gasteiger charge is 2.18. The minimum Gasteiger partial charge on any atom is -0.346 e. The van der Waals surface area contributed by atoms with Crippen molar-refractivity contribution in [2.75, 3.05) is 19.6 Å². The van der Waals surface area contributed by atoms with Gasteiger partial charge in [-0.1, -0.05) is 18.2 Å². The number of nitrogens with zero attached hydrogens (tertiary/aromatic N) is 2. The molecule has 0 saturated heterocycles. The van der Waals surface area contributed by atoms with Gasteiger partial charge in [-0.25, -0.2) is 10.4 Å². The molecule has 0 radical (unpaired) electrons. The van der Waals surface area contributed by atoms with Crippen LogP contribution in [0.4, 0.5) is 0 Å². The van der Waals surface area contributed by atoms with Gasteiger partial charge in [-0.05, 0) is 31.4 Å². The number of allylic oxidation sites excluding steroid dienone is 2. The SMILES string of the molecule is C=CCN(CCC/C=C\C)C(=O)c1cnc2[nH]cc(C3=CNNC3)c2c1. The first-order chi connectivity index (χ1) is 12.7. The van der Waals surface area contributed by atoms with Crippen molar-refractivity contribution in [1.82, 2.24) is 25.7 Å². The molecule has 6 heteroatoms. The average Bonchev–Trinajstić information content (AvgIpc) is 3.32. The summed E-state index contributed by atoms with van der Waals surface area (Å²) in [5.74, 6) is -0.0106. The van der Waals surface area contributed by atoms with Crippen LogP contribution >= 0.6 is 0 Å². The van der Waals surface area contributed by atoms with Crippen molar-refractivity contribution in [3.63, 3.8) is 0 Å². The molecule has 0 aromatic carbocycles. The molecule has 1 aliphatic heterocycles. The Bertz CT molecular complexity index is 849. The highest BCUT2D eigenvalue weighted by molar-refractivity contribution is 5.99. The molecule has 2 aromatic heterocycles. The zero-order valence-corrected chi connectivity index (χ0v) is 15.1. The number of H-pyrrole nitrogens is 1. The van der Waals surface area contributed by atoms with Gasteiger partial charge in [0.15, 0.2) is 0 Å². The van der Waals surface area contributed by atoms with Crippen LogP contribution in [0.1, 0.15) is 35.7 Å². The lowest BCUT2D eigenvalue weighted by Gasteiger charge is -2.21. The Morgan fingerprint density at radius 1 is 1.46 bits per heavy atom. The normalized spacial score (nSPS) is 13.8. The van der Waals surface area contributed by atoms with Gasteiger partial charge < -0.3 is 15.3 Å². The molecule has 0 saturated carbocycles. The van der Waals surface area contributed by atoms with Crippen molar-refractivity contribution in [2.24, 2.45) is 0 Å². The summed E-state index contributed by atoms with van der Waals surface area (Å²) in [6, 6.07) is 1.93. The van der Waals surface area contributed by atoms with Crippen molar-refractivity contribution >= 4 is 22.5 Å². The number of hydrogen-bond donors (Lipinski definition) is 3. The smallest absolute Gasteiger partial charge is 0.255 e. The fraction of sp³-hybridized carbons (Fsp3) is 0.300. The van der Waals surface area contributed by atoms with Crippen LogP contribution < -0.4 is 10.9 Å². The number of hydrazine groups is 1. The van der Waals surface area contributed by atoms with E-state index in [0.717, 1.165) is 41.6 Å². The van der Waals surface area contributed by atoms with Crippen LogP contribution in [0, 0.1) is 0 Å². The molecular formula is C20H25N5O. The monoisotopic (exact) mass is 351 g/mol. The lowest BCUT2D eigenvalue weighted by Crippen LogP contribution is -2.32. The average molecular weight is 351 g/mol. The number of hydrogen-bond acceptors (Lipinski definition) is 4. The summed E-state index contributed by atoms with van der Waals surface area (Å²) < 4.78 is 0. The highest BCUT2D eigenvalue weighted by Crippen LogP contribution is 2.25. The van der Waals surface area contributed by atoms with Crippen LogP contribution in [0.5, 0.6) is 0 Å². The number of rotatable bonds is 8. The van der Waals surface area contributed by atoms with E-state index < -0.39 is 0 Å². The maximum absolute atomic E-state index is 13.0. The van der Waals surface area contributed by atoms with Crippen LogP contribution in [0.25, 0.3) is 16.6 Å². The van der Waals surface area contributed by atoms with E-state index in [1.807, 2.05) is 36.4 Å². The number of aromatic amines is 1. The predicted octanol–water partition coefficient (Wildman–Crippen LogP) is 3.00. The summed E-state index contributed by atoms with van der Waals surface area (Å²) in [6.07, 6.45) is 13.3. The van der Waals surface area contributed by atoms with Crippen molar-refractivity contribution in [1.29, 1.82) is 0 Å². The van der Waals surface area contributed by atoms with E-state index >= 15 is 0 Å². The summed E-state index contributed by atoms with van der Waals surface area (Å²) in [5.41, 5.74) is 9.64. The van der Waals surface area contributed by atoms with E-state index in [1.54, 1.807) is 12.3 Å². The molecule has 0 atom stereocenters. The summed E-state index contributed by atoms with van der Waals surface area (Å²) in [5, 5.41) is 0.958. The zero-order valence-electron chi connectivity index (χ0n) is 15.1. The second kappa shape index (κ2) is 8.49. The molecule has 136 valence electrons. The van der Waals surface area contributed by atoms with E-state index in [1.165, 1.54) is 0 Å². The molecule has 0 spiro atoms. The van der Waals surface area contributed by atoms with Crippen LogP contribution in [-0.4, -0.2) is 40.4 Å². The topological polar surface area (TPSA) is 73.0 Å². The number of carbonyl (C=O) groups is 1. The lowest BCUT2D eigenvalue weighted by molar-refractivity contribution is 0.0772. The number of amides is 1. The lowest BCUT2D eigenvalue weighted by atomic mass is 10.1. The first-order valence-electron chi connectivity index (χ1n) is 8.91. The first-order valence-corrected chi connectivity index (χ1v) is 8.91. The third-order valence-corrected chi connectivity index (χ3v) is 4.42. The predicted molar refractivity (Wildman–Crippen MR) is 105 cm³/mol. The van der Waals surface area contributed by atoms with E-state index in [0.29, 0.717) is 18.7 Å². The van der Waals surface area contributed by atoms with Gasteiger partial charge in [-0.15, -0.1) is 6.58 Å². The second-order valence-corrected chi connectivity index (χ2v) is 6.24. The van der Waals surface area contributed by atoms with Gasteiger partial charge in [0, 0.05) is 49.2 Å². The second-order valence-electron chi connectivity index (χ2n) is 6.24. The van der Waals surface area contributed by atoms with E-state index in [4.69, 9.17) is 0 Å². The Balaban J connectivity index is 1.83. The molecule has 0 bridgehead atoms. The molecule has 26 heavy (non-hydrogen) atoms. The molecule has 3 N–H and O–H groups in total. The summed E-state index contributed by atoms with van der Waals surface area (Å²) in [7, 11) is 0. The standard InChI is InChI=1S/C20H25N5O/c1-3-5-6-7-9-25(8-4-2)20(26)15-10-17-18(16-12-23-24-13-16)14-22-19(17)21-11-15/h3-5,10-12,14,23-24H,2,6-9,13H2,1H3,(H,21,22)/b5-3-. The third kappa shape index (κ3) is 3.86. The first kappa shape index (κ1) is 17.9. The molecule has 1 aliphatic rings. The molecule has 3 heterocycles. The number of aromatic nitrogens is 2. The van der Waals surface area contributed by atoms with Gasteiger partial charge in [-0.3, -0.25) is 4.79 Å². The minimum atomic E-state index is -0.0106. The number of fused-ring (bicyclic) bond motifs is 1. The zero-order chi connectivity index (χ0) is 18.4. The quantitative estimate of drug-likeness (QED) is 0.505. The molecule has 3 rings (SSSR count). The van der Waals surface area contributed by atoms with Crippen LogP contribution in [0.3, 0.4) is 0 Å². The fourth-order valence-electron chi connectivity index (χ4n) is 3.08. The number of pyridine rings is 1. The third-order valence-electron chi connectivity index (χ3n) is 4.42. The van der Waals surface area contributed by atoms with Gasteiger partial charge in [0.1, 0.15) is 5.65 Å². The Morgan fingerprint density at radius 3 is 3.08 bits per heavy atom. The highest BCUT2D eigenvalue weighted by atomic mass is 16.2. The van der Waals surface area contributed by atoms with Crippen molar-refractivity contribution in [3.05, 3.63) is 60.6 Å². The van der Waals surface area contributed by atoms with Crippen LogP contribution in [0.2, 0.25) is 0 Å². The molecule has 0 fully saturated rings. The van der Waals surface area contributed by atoms with E-state index in [9.17, 15) is 4.79 Å². The Labute approximate surface area is 153 Å². The van der Waals surface area contributed by atoms with Crippen molar-refractivity contribution in [3.8, 4) is 0 Å². The maximum Gasteiger partial charge on any atom is 0.255 e. The van der Waals surface area contributed by atoms with Gasteiger partial charge in [0.05, 0.1) is 5.56 Å².